The van der Waals surface area contributed by atoms with E-state index in [9.17, 15) is 14.0 Å². The Balaban J connectivity index is 1.84. The quantitative estimate of drug-likeness (QED) is 0.568. The molecule has 0 fully saturated rings. The normalized spacial score (nSPS) is 10.8. The Labute approximate surface area is 174 Å². The number of carbonyl (C=O) groups is 2. The molecular weight excluding hydrogens is 385 g/mol. The smallest absolute Gasteiger partial charge is 0.342 e. The minimum absolute atomic E-state index is 0.0480. The van der Waals surface area contributed by atoms with Crippen molar-refractivity contribution in [1.29, 1.82) is 0 Å². The summed E-state index contributed by atoms with van der Waals surface area (Å²) in [5, 5.41) is 7.32. The van der Waals surface area contributed by atoms with Crippen LogP contribution >= 0.6 is 0 Å². The van der Waals surface area contributed by atoms with Gasteiger partial charge in [0.1, 0.15) is 17.1 Å². The molecule has 30 heavy (non-hydrogen) atoms. The Bertz CT molecular complexity index is 996. The van der Waals surface area contributed by atoms with E-state index in [1.54, 1.807) is 23.0 Å². The van der Waals surface area contributed by atoms with Crippen LogP contribution < -0.4 is 5.32 Å². The van der Waals surface area contributed by atoms with Crippen molar-refractivity contribution in [2.75, 3.05) is 6.61 Å². The number of ether oxygens (including phenoxy) is 1. The number of aromatic nitrogens is 2. The van der Waals surface area contributed by atoms with Crippen molar-refractivity contribution in [1.82, 2.24) is 15.1 Å². The van der Waals surface area contributed by atoms with Gasteiger partial charge in [0.15, 0.2) is 6.61 Å². The van der Waals surface area contributed by atoms with Crippen molar-refractivity contribution in [3.8, 4) is 16.9 Å². The molecule has 7 heteroatoms. The number of hydrogen-bond donors (Lipinski definition) is 1. The standard InChI is InChI=1S/C23H24FN3O3/c1-3-18(4-2)25-21(28)15-30-23(29)20-14-27(19-8-6-5-7-9-19)26-22(20)16-10-12-17(24)13-11-16/h5-14,18H,3-4,15H2,1-2H3,(H,25,28). The zero-order valence-corrected chi connectivity index (χ0v) is 17.0. The van der Waals surface area contributed by atoms with E-state index in [1.165, 1.54) is 12.1 Å². The molecule has 0 radical (unpaired) electrons. The number of halogens is 1. The summed E-state index contributed by atoms with van der Waals surface area (Å²) >= 11 is 0. The van der Waals surface area contributed by atoms with Crippen LogP contribution in [0.5, 0.6) is 0 Å². The van der Waals surface area contributed by atoms with Crippen LogP contribution in [0.1, 0.15) is 37.0 Å². The van der Waals surface area contributed by atoms with Crippen molar-refractivity contribution in [2.45, 2.75) is 32.7 Å². The van der Waals surface area contributed by atoms with Gasteiger partial charge in [-0.05, 0) is 49.2 Å². The molecule has 0 bridgehead atoms. The second kappa shape index (κ2) is 9.82. The third-order valence-corrected chi connectivity index (χ3v) is 4.76. The summed E-state index contributed by atoms with van der Waals surface area (Å²) in [4.78, 5) is 24.8. The van der Waals surface area contributed by atoms with E-state index in [2.05, 4.69) is 10.4 Å². The highest BCUT2D eigenvalue weighted by Gasteiger charge is 2.21. The molecule has 0 spiro atoms. The first-order chi connectivity index (χ1) is 14.5. The highest BCUT2D eigenvalue weighted by Crippen LogP contribution is 2.25. The lowest BCUT2D eigenvalue weighted by Gasteiger charge is -2.14. The fourth-order valence-corrected chi connectivity index (χ4v) is 3.03. The molecule has 156 valence electrons. The lowest BCUT2D eigenvalue weighted by molar-refractivity contribution is -0.125. The Morgan fingerprint density at radius 3 is 2.37 bits per heavy atom. The number of rotatable bonds is 8. The second-order valence-electron chi connectivity index (χ2n) is 6.84. The minimum atomic E-state index is -0.670. The van der Waals surface area contributed by atoms with Crippen LogP contribution in [0.3, 0.4) is 0 Å². The molecule has 1 aromatic heterocycles. The zero-order chi connectivity index (χ0) is 21.5. The fourth-order valence-electron chi connectivity index (χ4n) is 3.03. The summed E-state index contributed by atoms with van der Waals surface area (Å²) in [6.45, 7) is 3.58. The van der Waals surface area contributed by atoms with Gasteiger partial charge < -0.3 is 10.1 Å². The van der Waals surface area contributed by atoms with Gasteiger partial charge in [0.05, 0.1) is 5.69 Å². The zero-order valence-electron chi connectivity index (χ0n) is 17.0. The van der Waals surface area contributed by atoms with E-state index in [4.69, 9.17) is 4.74 Å². The van der Waals surface area contributed by atoms with Gasteiger partial charge in [0.25, 0.3) is 5.91 Å². The van der Waals surface area contributed by atoms with E-state index in [1.807, 2.05) is 44.2 Å². The van der Waals surface area contributed by atoms with Gasteiger partial charge in [-0.1, -0.05) is 32.0 Å². The largest absolute Gasteiger partial charge is 0.452 e. The maximum absolute atomic E-state index is 13.3. The second-order valence-corrected chi connectivity index (χ2v) is 6.84. The molecule has 0 saturated heterocycles. The van der Waals surface area contributed by atoms with Gasteiger partial charge in [-0.3, -0.25) is 4.79 Å². The number of para-hydroxylation sites is 1. The third kappa shape index (κ3) is 5.11. The number of nitrogens with one attached hydrogen (secondary N) is 1. The van der Waals surface area contributed by atoms with Gasteiger partial charge >= 0.3 is 5.97 Å². The summed E-state index contributed by atoms with van der Waals surface area (Å²) in [5.74, 6) is -1.41. The Hall–Kier alpha value is -3.48. The number of nitrogens with zero attached hydrogens (tertiary/aromatic N) is 2. The predicted octanol–water partition coefficient (Wildman–Crippen LogP) is 4.14. The lowest BCUT2D eigenvalue weighted by Crippen LogP contribution is -2.36. The number of carbonyl (C=O) groups excluding carboxylic acids is 2. The lowest BCUT2D eigenvalue weighted by atomic mass is 10.1. The summed E-state index contributed by atoms with van der Waals surface area (Å²) < 4.78 is 20.1. The van der Waals surface area contributed by atoms with Gasteiger partial charge in [0, 0.05) is 17.8 Å². The summed E-state index contributed by atoms with van der Waals surface area (Å²) in [6, 6.07) is 15.0. The van der Waals surface area contributed by atoms with E-state index < -0.39 is 5.97 Å². The average Bonchev–Trinajstić information content (AvgIpc) is 3.22. The number of esters is 1. The van der Waals surface area contributed by atoms with Gasteiger partial charge in [-0.2, -0.15) is 5.10 Å². The van der Waals surface area contributed by atoms with Crippen LogP contribution in [-0.4, -0.2) is 34.3 Å². The van der Waals surface area contributed by atoms with Crippen LogP contribution in [0, 0.1) is 5.82 Å². The molecule has 0 aliphatic heterocycles. The van der Waals surface area contributed by atoms with Crippen LogP contribution in [0.15, 0.2) is 60.8 Å². The molecular formula is C23H24FN3O3. The van der Waals surface area contributed by atoms with Gasteiger partial charge in [0.2, 0.25) is 0 Å². The maximum Gasteiger partial charge on any atom is 0.342 e. The van der Waals surface area contributed by atoms with Crippen molar-refractivity contribution in [2.24, 2.45) is 0 Å². The summed E-state index contributed by atoms with van der Waals surface area (Å²) in [6.07, 6.45) is 3.15. The molecule has 3 aromatic rings. The Kier molecular flexibility index (Phi) is 6.95. The number of benzene rings is 2. The first-order valence-corrected chi connectivity index (χ1v) is 9.89. The van der Waals surface area contributed by atoms with Crippen molar-refractivity contribution in [3.63, 3.8) is 0 Å². The SMILES string of the molecule is CCC(CC)NC(=O)COC(=O)c1cn(-c2ccccc2)nc1-c1ccc(F)cc1. The van der Waals surface area contributed by atoms with E-state index in [0.29, 0.717) is 11.3 Å². The third-order valence-electron chi connectivity index (χ3n) is 4.76. The maximum atomic E-state index is 13.3. The Morgan fingerprint density at radius 2 is 1.73 bits per heavy atom. The highest BCUT2D eigenvalue weighted by atomic mass is 19.1. The topological polar surface area (TPSA) is 73.2 Å². The molecule has 1 heterocycles. The molecule has 1 N–H and O–H groups in total. The molecule has 0 aliphatic rings. The molecule has 6 nitrogen and oxygen atoms in total. The monoisotopic (exact) mass is 409 g/mol. The van der Waals surface area contributed by atoms with Crippen LogP contribution in [0.4, 0.5) is 4.39 Å². The molecule has 2 aromatic carbocycles. The highest BCUT2D eigenvalue weighted by molar-refractivity contribution is 5.97. The van der Waals surface area contributed by atoms with Gasteiger partial charge in [-0.25, -0.2) is 13.9 Å². The summed E-state index contributed by atoms with van der Waals surface area (Å²) in [5.41, 5.74) is 1.87. The van der Waals surface area contributed by atoms with Crippen LogP contribution in [0.2, 0.25) is 0 Å². The predicted molar refractivity (Wildman–Crippen MR) is 112 cm³/mol. The van der Waals surface area contributed by atoms with Crippen LogP contribution in [-0.2, 0) is 9.53 Å². The number of hydrogen-bond acceptors (Lipinski definition) is 4. The molecule has 0 saturated carbocycles. The van der Waals surface area contributed by atoms with E-state index >= 15 is 0 Å². The fraction of sp³-hybridized carbons (Fsp3) is 0.261. The van der Waals surface area contributed by atoms with Crippen molar-refractivity contribution >= 4 is 11.9 Å². The first-order valence-electron chi connectivity index (χ1n) is 9.89. The Morgan fingerprint density at radius 1 is 1.07 bits per heavy atom. The molecule has 0 atom stereocenters. The van der Waals surface area contributed by atoms with Crippen molar-refractivity contribution in [3.05, 3.63) is 72.2 Å². The molecule has 1 amide bonds. The molecule has 3 rings (SSSR count). The summed E-state index contributed by atoms with van der Waals surface area (Å²) in [7, 11) is 0. The average molecular weight is 409 g/mol. The van der Waals surface area contributed by atoms with E-state index in [-0.39, 0.29) is 29.9 Å². The van der Waals surface area contributed by atoms with Crippen molar-refractivity contribution < 1.29 is 18.7 Å². The van der Waals surface area contributed by atoms with Crippen LogP contribution in [0.25, 0.3) is 16.9 Å². The van der Waals surface area contributed by atoms with E-state index in [0.717, 1.165) is 18.5 Å². The first kappa shape index (κ1) is 21.2. The molecule has 0 unspecified atom stereocenters. The molecule has 0 aliphatic carbocycles. The van der Waals surface area contributed by atoms with Gasteiger partial charge in [-0.15, -0.1) is 0 Å². The minimum Gasteiger partial charge on any atom is -0.452 e. The number of amides is 1.